The van der Waals surface area contributed by atoms with E-state index in [2.05, 4.69) is 0 Å². The van der Waals surface area contributed by atoms with E-state index in [-0.39, 0.29) is 12.1 Å². The molecule has 0 unspecified atom stereocenters. The molecule has 0 radical (unpaired) electrons. The summed E-state index contributed by atoms with van der Waals surface area (Å²) in [4.78, 5) is 13.0. The number of carbonyl (C=O) groups is 1. The minimum absolute atomic E-state index is 0.0243. The number of nitrogens with one attached hydrogen (secondary N) is 1. The van der Waals surface area contributed by atoms with E-state index in [1.54, 1.807) is 0 Å². The summed E-state index contributed by atoms with van der Waals surface area (Å²) in [5.41, 5.74) is 0. The van der Waals surface area contributed by atoms with E-state index < -0.39 is 0 Å². The van der Waals surface area contributed by atoms with Gasteiger partial charge in [0.15, 0.2) is 6.54 Å². The number of quaternary nitrogens is 1. The molecule has 92 valence electrons. The lowest BCUT2D eigenvalue weighted by molar-refractivity contribution is -0.900. The van der Waals surface area contributed by atoms with Gasteiger partial charge in [0, 0.05) is 0 Å². The van der Waals surface area contributed by atoms with Crippen molar-refractivity contribution in [3.8, 4) is 0 Å². The highest BCUT2D eigenvalue weighted by Crippen LogP contribution is 2.20. The van der Waals surface area contributed by atoms with Gasteiger partial charge in [-0.3, -0.25) is 0 Å². The lowest BCUT2D eigenvalue weighted by atomic mass is 9.98. The van der Waals surface area contributed by atoms with Crippen molar-refractivity contribution >= 4 is 5.97 Å². The van der Waals surface area contributed by atoms with Gasteiger partial charge in [0.2, 0.25) is 0 Å². The minimum Gasteiger partial charge on any atom is -0.458 e. The predicted octanol–water partition coefficient (Wildman–Crippen LogP) is -0.223. The summed E-state index contributed by atoms with van der Waals surface area (Å²) in [5, 5.41) is 0. The molecule has 1 aliphatic heterocycles. The molecule has 4 nitrogen and oxygen atoms in total. The van der Waals surface area contributed by atoms with Crippen molar-refractivity contribution in [2.45, 2.75) is 38.2 Å². The third-order valence-electron chi connectivity index (χ3n) is 3.44. The van der Waals surface area contributed by atoms with Crippen molar-refractivity contribution < 1.29 is 19.2 Å². The number of hydrogen-bond acceptors (Lipinski definition) is 3. The molecule has 2 rings (SSSR count). The van der Waals surface area contributed by atoms with Crippen molar-refractivity contribution in [3.63, 3.8) is 0 Å². The van der Waals surface area contributed by atoms with E-state index >= 15 is 0 Å². The molecule has 2 aliphatic rings. The summed E-state index contributed by atoms with van der Waals surface area (Å²) in [7, 11) is 0. The van der Waals surface area contributed by atoms with Gasteiger partial charge in [-0.05, 0) is 25.7 Å². The highest BCUT2D eigenvalue weighted by atomic mass is 16.5. The third kappa shape index (κ3) is 3.76. The maximum atomic E-state index is 11.7. The first-order chi connectivity index (χ1) is 7.84. The van der Waals surface area contributed by atoms with E-state index in [1.165, 1.54) is 24.2 Å². The van der Waals surface area contributed by atoms with Crippen LogP contribution in [0.5, 0.6) is 0 Å². The molecule has 0 amide bonds. The van der Waals surface area contributed by atoms with E-state index in [0.717, 1.165) is 39.1 Å². The van der Waals surface area contributed by atoms with Crippen molar-refractivity contribution in [1.29, 1.82) is 0 Å². The summed E-state index contributed by atoms with van der Waals surface area (Å²) in [5.74, 6) is -0.0243. The Morgan fingerprint density at radius 3 is 2.56 bits per heavy atom. The van der Waals surface area contributed by atoms with E-state index in [4.69, 9.17) is 9.47 Å². The molecule has 0 aromatic rings. The van der Waals surface area contributed by atoms with Gasteiger partial charge in [-0.25, -0.2) is 4.79 Å². The predicted molar refractivity (Wildman–Crippen MR) is 59.3 cm³/mol. The normalized spacial score (nSPS) is 24.2. The van der Waals surface area contributed by atoms with E-state index in [9.17, 15) is 4.79 Å². The Kier molecular flexibility index (Phi) is 4.60. The Morgan fingerprint density at radius 2 is 1.88 bits per heavy atom. The zero-order valence-corrected chi connectivity index (χ0v) is 9.87. The van der Waals surface area contributed by atoms with Gasteiger partial charge in [-0.2, -0.15) is 0 Å². The highest BCUT2D eigenvalue weighted by molar-refractivity contribution is 5.70. The molecular weight excluding hydrogens is 206 g/mol. The summed E-state index contributed by atoms with van der Waals surface area (Å²) in [6.07, 6.45) is 6.03. The molecule has 1 N–H and O–H groups in total. The van der Waals surface area contributed by atoms with Crippen LogP contribution in [0, 0.1) is 0 Å². The molecule has 1 saturated carbocycles. The molecule has 4 heteroatoms. The van der Waals surface area contributed by atoms with Crippen LogP contribution in [0.15, 0.2) is 0 Å². The van der Waals surface area contributed by atoms with Crippen molar-refractivity contribution in [3.05, 3.63) is 0 Å². The second-order valence-corrected chi connectivity index (χ2v) is 4.79. The number of rotatable bonds is 3. The molecule has 0 bridgehead atoms. The Labute approximate surface area is 96.9 Å². The Hall–Kier alpha value is -0.610. The highest BCUT2D eigenvalue weighted by Gasteiger charge is 2.22. The fourth-order valence-corrected chi connectivity index (χ4v) is 2.45. The topological polar surface area (TPSA) is 40.0 Å². The Bertz CT molecular complexity index is 198. The van der Waals surface area contributed by atoms with Crippen LogP contribution in [0.3, 0.4) is 0 Å². The van der Waals surface area contributed by atoms with Gasteiger partial charge in [-0.15, -0.1) is 0 Å². The largest absolute Gasteiger partial charge is 0.458 e. The molecule has 1 aliphatic carbocycles. The third-order valence-corrected chi connectivity index (χ3v) is 3.44. The molecule has 0 aromatic carbocycles. The zero-order valence-electron chi connectivity index (χ0n) is 9.87. The second-order valence-electron chi connectivity index (χ2n) is 4.79. The first-order valence-electron chi connectivity index (χ1n) is 6.45. The second kappa shape index (κ2) is 6.21. The van der Waals surface area contributed by atoms with Gasteiger partial charge >= 0.3 is 5.97 Å². The zero-order chi connectivity index (χ0) is 11.2. The van der Waals surface area contributed by atoms with Crippen LogP contribution in [0.25, 0.3) is 0 Å². The smallest absolute Gasteiger partial charge is 0.361 e. The van der Waals surface area contributed by atoms with Gasteiger partial charge in [0.1, 0.15) is 19.2 Å². The van der Waals surface area contributed by atoms with Crippen LogP contribution in [0.2, 0.25) is 0 Å². The fraction of sp³-hybridized carbons (Fsp3) is 0.917. The number of morpholine rings is 1. The van der Waals surface area contributed by atoms with Gasteiger partial charge in [0.05, 0.1) is 13.2 Å². The average molecular weight is 228 g/mol. The molecule has 0 aromatic heterocycles. The monoisotopic (exact) mass is 228 g/mol. The van der Waals surface area contributed by atoms with E-state index in [0.29, 0.717) is 6.54 Å². The summed E-state index contributed by atoms with van der Waals surface area (Å²) in [6, 6.07) is 0. The number of ether oxygens (including phenoxy) is 2. The number of carbonyl (C=O) groups excluding carboxylic acids is 1. The number of esters is 1. The average Bonchev–Trinajstić information content (AvgIpc) is 2.31. The molecule has 1 heterocycles. The van der Waals surface area contributed by atoms with Crippen molar-refractivity contribution in [2.75, 3.05) is 32.8 Å². The Morgan fingerprint density at radius 1 is 1.19 bits per heavy atom. The quantitative estimate of drug-likeness (QED) is 0.679. The summed E-state index contributed by atoms with van der Waals surface area (Å²) >= 11 is 0. The first-order valence-corrected chi connectivity index (χ1v) is 6.45. The van der Waals surface area contributed by atoms with Gasteiger partial charge in [-0.1, -0.05) is 6.42 Å². The SMILES string of the molecule is O=C(C[NH+]1CCOCC1)OC1CCCCC1. The maximum absolute atomic E-state index is 11.7. The summed E-state index contributed by atoms with van der Waals surface area (Å²) < 4.78 is 10.8. The Balaban J connectivity index is 1.66. The van der Waals surface area contributed by atoms with Crippen molar-refractivity contribution in [1.82, 2.24) is 0 Å². The lowest BCUT2D eigenvalue weighted by Gasteiger charge is -2.25. The molecule has 0 spiro atoms. The van der Waals surface area contributed by atoms with Crippen LogP contribution in [0.4, 0.5) is 0 Å². The van der Waals surface area contributed by atoms with Crippen LogP contribution >= 0.6 is 0 Å². The molecule has 0 atom stereocenters. The van der Waals surface area contributed by atoms with Gasteiger partial charge in [0.25, 0.3) is 0 Å². The van der Waals surface area contributed by atoms with Crippen LogP contribution < -0.4 is 4.90 Å². The van der Waals surface area contributed by atoms with Crippen molar-refractivity contribution in [2.24, 2.45) is 0 Å². The van der Waals surface area contributed by atoms with Crippen LogP contribution in [-0.4, -0.2) is 44.9 Å². The van der Waals surface area contributed by atoms with Crippen LogP contribution in [0.1, 0.15) is 32.1 Å². The summed E-state index contributed by atoms with van der Waals surface area (Å²) in [6.45, 7) is 3.91. The lowest BCUT2D eigenvalue weighted by Crippen LogP contribution is -3.15. The molecule has 16 heavy (non-hydrogen) atoms. The molecule has 2 fully saturated rings. The first kappa shape index (κ1) is 11.9. The van der Waals surface area contributed by atoms with Gasteiger partial charge < -0.3 is 14.4 Å². The number of hydrogen-bond donors (Lipinski definition) is 1. The maximum Gasteiger partial charge on any atom is 0.361 e. The van der Waals surface area contributed by atoms with E-state index in [1.807, 2.05) is 0 Å². The minimum atomic E-state index is -0.0243. The molecular formula is C12H22NO3+. The van der Waals surface area contributed by atoms with Crippen LogP contribution in [-0.2, 0) is 14.3 Å². The fourth-order valence-electron chi connectivity index (χ4n) is 2.45. The standard InChI is InChI=1S/C12H21NO3/c14-12(10-13-6-8-15-9-7-13)16-11-4-2-1-3-5-11/h11H,1-10H2/p+1. The molecule has 1 saturated heterocycles.